The molecule has 0 spiro atoms. The van der Waals surface area contributed by atoms with Crippen LogP contribution in [0, 0.1) is 5.92 Å². The summed E-state index contributed by atoms with van der Waals surface area (Å²) in [5, 5.41) is 0. The van der Waals surface area contributed by atoms with Crippen molar-refractivity contribution in [1.82, 2.24) is 9.88 Å². The molecule has 26 heavy (non-hydrogen) atoms. The van der Waals surface area contributed by atoms with Gasteiger partial charge in [0.15, 0.2) is 0 Å². The lowest BCUT2D eigenvalue weighted by molar-refractivity contribution is -0.137. The maximum Gasteiger partial charge on any atom is 0.417 e. The SMILES string of the molecule is C1CCC1.NC1CCC(C(=O)N2CCc3ncc(C(F)(F)F)cc3C2)C1. The van der Waals surface area contributed by atoms with Gasteiger partial charge in [0.1, 0.15) is 0 Å². The molecule has 0 bridgehead atoms. The van der Waals surface area contributed by atoms with E-state index in [2.05, 4.69) is 4.98 Å². The number of halogens is 3. The van der Waals surface area contributed by atoms with E-state index in [1.165, 1.54) is 25.7 Å². The van der Waals surface area contributed by atoms with Gasteiger partial charge in [0.25, 0.3) is 0 Å². The van der Waals surface area contributed by atoms with Crippen molar-refractivity contribution in [1.29, 1.82) is 0 Å². The molecule has 4 rings (SSSR count). The summed E-state index contributed by atoms with van der Waals surface area (Å²) in [6.07, 6.45) is 5.23. The number of alkyl halides is 3. The van der Waals surface area contributed by atoms with Gasteiger partial charge >= 0.3 is 6.18 Å². The Kier molecular flexibility index (Phi) is 5.85. The fourth-order valence-electron chi connectivity index (χ4n) is 3.52. The van der Waals surface area contributed by atoms with Crippen molar-refractivity contribution in [2.45, 2.75) is 70.1 Å². The number of carbonyl (C=O) groups is 1. The van der Waals surface area contributed by atoms with E-state index < -0.39 is 11.7 Å². The molecule has 2 aliphatic carbocycles. The Balaban J connectivity index is 0.000000433. The summed E-state index contributed by atoms with van der Waals surface area (Å²) in [5.41, 5.74) is 6.22. The summed E-state index contributed by atoms with van der Waals surface area (Å²) in [6.45, 7) is 0.715. The highest BCUT2D eigenvalue weighted by Crippen LogP contribution is 2.32. The number of nitrogens with two attached hydrogens (primary N) is 1. The van der Waals surface area contributed by atoms with Crippen LogP contribution in [0.15, 0.2) is 12.3 Å². The summed E-state index contributed by atoms with van der Waals surface area (Å²) in [6, 6.07) is 1.17. The van der Waals surface area contributed by atoms with E-state index >= 15 is 0 Å². The number of fused-ring (bicyclic) bond motifs is 1. The van der Waals surface area contributed by atoms with Crippen molar-refractivity contribution in [3.05, 3.63) is 29.1 Å². The van der Waals surface area contributed by atoms with Crippen molar-refractivity contribution in [3.8, 4) is 0 Å². The number of pyridine rings is 1. The maximum absolute atomic E-state index is 12.8. The van der Waals surface area contributed by atoms with Gasteiger partial charge in [-0.2, -0.15) is 13.2 Å². The molecule has 1 aromatic rings. The fraction of sp³-hybridized carbons (Fsp3) is 0.684. The predicted molar refractivity (Wildman–Crippen MR) is 92.1 cm³/mol. The summed E-state index contributed by atoms with van der Waals surface area (Å²) in [4.78, 5) is 18.0. The van der Waals surface area contributed by atoms with Crippen LogP contribution >= 0.6 is 0 Å². The van der Waals surface area contributed by atoms with Crippen molar-refractivity contribution >= 4 is 5.91 Å². The lowest BCUT2D eigenvalue weighted by Crippen LogP contribution is -2.40. The van der Waals surface area contributed by atoms with Gasteiger partial charge in [0.2, 0.25) is 5.91 Å². The molecule has 4 nitrogen and oxygen atoms in total. The first-order chi connectivity index (χ1) is 12.3. The predicted octanol–water partition coefficient (Wildman–Crippen LogP) is 3.67. The van der Waals surface area contributed by atoms with E-state index in [1.54, 1.807) is 4.90 Å². The molecule has 7 heteroatoms. The Labute approximate surface area is 152 Å². The molecule has 144 valence electrons. The third-order valence-corrected chi connectivity index (χ3v) is 5.50. The molecule has 2 atom stereocenters. The lowest BCUT2D eigenvalue weighted by Gasteiger charge is -2.30. The third-order valence-electron chi connectivity index (χ3n) is 5.50. The minimum Gasteiger partial charge on any atom is -0.338 e. The zero-order chi connectivity index (χ0) is 18.7. The molecule has 0 radical (unpaired) electrons. The summed E-state index contributed by atoms with van der Waals surface area (Å²) < 4.78 is 38.3. The maximum atomic E-state index is 12.8. The number of hydrogen-bond acceptors (Lipinski definition) is 3. The van der Waals surface area contributed by atoms with Gasteiger partial charge in [-0.05, 0) is 30.9 Å². The second kappa shape index (κ2) is 7.94. The van der Waals surface area contributed by atoms with Gasteiger partial charge in [-0.1, -0.05) is 25.7 Å². The Bertz CT molecular complexity index is 639. The average molecular weight is 369 g/mol. The number of hydrogen-bond donors (Lipinski definition) is 1. The monoisotopic (exact) mass is 369 g/mol. The van der Waals surface area contributed by atoms with Crippen molar-refractivity contribution < 1.29 is 18.0 Å². The Morgan fingerprint density at radius 2 is 1.88 bits per heavy atom. The first-order valence-corrected chi connectivity index (χ1v) is 9.44. The Hall–Kier alpha value is -1.63. The van der Waals surface area contributed by atoms with E-state index in [0.29, 0.717) is 30.6 Å². The van der Waals surface area contributed by atoms with Crippen LogP contribution in [0.1, 0.15) is 61.8 Å². The molecule has 0 saturated heterocycles. The second-order valence-corrected chi connectivity index (χ2v) is 7.52. The normalized spacial score (nSPS) is 25.0. The zero-order valence-corrected chi connectivity index (χ0v) is 14.9. The minimum absolute atomic E-state index is 0.0102. The van der Waals surface area contributed by atoms with Gasteiger partial charge < -0.3 is 10.6 Å². The first-order valence-electron chi connectivity index (χ1n) is 9.44. The van der Waals surface area contributed by atoms with E-state index in [4.69, 9.17) is 5.73 Å². The Morgan fingerprint density at radius 3 is 2.42 bits per heavy atom. The van der Waals surface area contributed by atoms with Crippen molar-refractivity contribution in [2.75, 3.05) is 6.54 Å². The molecule has 0 aromatic carbocycles. The molecule has 1 amide bonds. The molecule has 2 saturated carbocycles. The number of nitrogens with zero attached hydrogens (tertiary/aromatic N) is 2. The number of rotatable bonds is 1. The van der Waals surface area contributed by atoms with Crippen LogP contribution in [0.3, 0.4) is 0 Å². The zero-order valence-electron chi connectivity index (χ0n) is 14.9. The van der Waals surface area contributed by atoms with Gasteiger partial charge in [-0.25, -0.2) is 0 Å². The molecular weight excluding hydrogens is 343 g/mol. The van der Waals surface area contributed by atoms with Gasteiger partial charge in [-0.15, -0.1) is 0 Å². The summed E-state index contributed by atoms with van der Waals surface area (Å²) in [7, 11) is 0. The van der Waals surface area contributed by atoms with Gasteiger partial charge in [-0.3, -0.25) is 9.78 Å². The largest absolute Gasteiger partial charge is 0.417 e. The van der Waals surface area contributed by atoms with Gasteiger partial charge in [0, 0.05) is 43.4 Å². The van der Waals surface area contributed by atoms with Crippen LogP contribution < -0.4 is 5.73 Å². The average Bonchev–Trinajstić information content (AvgIpc) is 2.97. The molecule has 3 aliphatic rings. The standard InChI is InChI=1S/C15H18F3N3O.C4H8/c16-15(17,18)11-5-10-8-21(4-3-13(10)20-7-11)14(22)9-1-2-12(19)6-9;1-2-4-3-1/h5,7,9,12H,1-4,6,8,19H2;1-4H2. The second-order valence-electron chi connectivity index (χ2n) is 7.52. The van der Waals surface area contributed by atoms with Crippen LogP contribution in [-0.4, -0.2) is 28.4 Å². The molecule has 2 fully saturated rings. The van der Waals surface area contributed by atoms with E-state index in [0.717, 1.165) is 25.1 Å². The number of amides is 1. The molecular formula is C19H26F3N3O. The summed E-state index contributed by atoms with van der Waals surface area (Å²) >= 11 is 0. The number of carbonyl (C=O) groups excluding carboxylic acids is 1. The van der Waals surface area contributed by atoms with Crippen LogP contribution in [0.2, 0.25) is 0 Å². The molecule has 1 aromatic heterocycles. The topological polar surface area (TPSA) is 59.2 Å². The quantitative estimate of drug-likeness (QED) is 0.822. The minimum atomic E-state index is -4.41. The van der Waals surface area contributed by atoms with Crippen LogP contribution in [0.25, 0.3) is 0 Å². The van der Waals surface area contributed by atoms with Crippen molar-refractivity contribution in [3.63, 3.8) is 0 Å². The highest BCUT2D eigenvalue weighted by Gasteiger charge is 2.35. The van der Waals surface area contributed by atoms with Crippen LogP contribution in [0.4, 0.5) is 13.2 Å². The van der Waals surface area contributed by atoms with E-state index in [9.17, 15) is 18.0 Å². The first kappa shape index (κ1) is 19.1. The van der Waals surface area contributed by atoms with E-state index in [-0.39, 0.29) is 24.4 Å². The summed E-state index contributed by atoms with van der Waals surface area (Å²) in [5.74, 6) is -0.0775. The third kappa shape index (κ3) is 4.55. The lowest BCUT2D eigenvalue weighted by atomic mass is 10.00. The molecule has 1 aliphatic heterocycles. The van der Waals surface area contributed by atoms with Gasteiger partial charge in [0.05, 0.1) is 5.56 Å². The fourth-order valence-corrected chi connectivity index (χ4v) is 3.52. The Morgan fingerprint density at radius 1 is 1.19 bits per heavy atom. The smallest absolute Gasteiger partial charge is 0.338 e. The highest BCUT2D eigenvalue weighted by molar-refractivity contribution is 5.79. The molecule has 2 unspecified atom stereocenters. The van der Waals surface area contributed by atoms with Crippen molar-refractivity contribution in [2.24, 2.45) is 11.7 Å². The molecule has 2 N–H and O–H groups in total. The van der Waals surface area contributed by atoms with E-state index in [1.807, 2.05) is 0 Å². The van der Waals surface area contributed by atoms with Crippen LogP contribution in [-0.2, 0) is 23.9 Å². The number of aromatic nitrogens is 1. The van der Waals surface area contributed by atoms with Crippen LogP contribution in [0.5, 0.6) is 0 Å². The molecule has 2 heterocycles. The highest BCUT2D eigenvalue weighted by atomic mass is 19.4.